The quantitative estimate of drug-likeness (QED) is 0.148. The third kappa shape index (κ3) is 11.5. The average molecular weight is 763 g/mol. The maximum Gasteiger partial charge on any atom is 0.344 e. The fourth-order valence-electron chi connectivity index (χ4n) is 5.11. The molecular weight excluding hydrogens is 717 g/mol. The minimum Gasteiger partial charge on any atom is -0.470 e. The van der Waals surface area contributed by atoms with Crippen LogP contribution >= 0.6 is 11.7 Å². The first-order valence-electron chi connectivity index (χ1n) is 16.8. The molecule has 0 radical (unpaired) electrons. The largest absolute Gasteiger partial charge is 0.470 e. The molecule has 16 nitrogen and oxygen atoms in total. The number of esters is 2. The second-order valence-electron chi connectivity index (χ2n) is 12.9. The molecule has 0 bridgehead atoms. The van der Waals surface area contributed by atoms with Crippen LogP contribution in [0.3, 0.4) is 0 Å². The van der Waals surface area contributed by atoms with E-state index in [-0.39, 0.29) is 36.0 Å². The molecule has 4 rings (SSSR count). The van der Waals surface area contributed by atoms with Crippen LogP contribution < -0.4 is 24.8 Å². The van der Waals surface area contributed by atoms with Crippen LogP contribution in [0.5, 0.6) is 17.4 Å². The normalized spacial score (nSPS) is 13.9. The highest BCUT2D eigenvalue weighted by Crippen LogP contribution is 2.38. The van der Waals surface area contributed by atoms with E-state index >= 15 is 0 Å². The SMILES string of the molecule is CCCCNc1cc(C(=O)N(C[C@@H](COc2nsnc2N2CCOCC2)OC(=O)COC(C)=O)C(C)(C)C)cc(S(N)(=O)=O)c1Oc1ccccc1. The first kappa shape index (κ1) is 40.3. The van der Waals surface area contributed by atoms with Crippen LogP contribution in [0.25, 0.3) is 0 Å². The lowest BCUT2D eigenvalue weighted by atomic mass is 10.0. The van der Waals surface area contributed by atoms with E-state index in [4.69, 9.17) is 28.8 Å². The van der Waals surface area contributed by atoms with Crippen LogP contribution in [0.1, 0.15) is 57.8 Å². The van der Waals surface area contributed by atoms with Gasteiger partial charge in [0, 0.05) is 37.7 Å². The van der Waals surface area contributed by atoms with Crippen molar-refractivity contribution in [3.63, 3.8) is 0 Å². The first-order chi connectivity index (χ1) is 24.7. The molecule has 1 aliphatic rings. The molecular formula is C34H46N6O10S2. The van der Waals surface area contributed by atoms with Crippen LogP contribution in [-0.2, 0) is 33.8 Å². The molecule has 0 unspecified atom stereocenters. The number of nitrogens with two attached hydrogens (primary N) is 1. The Kier molecular flexibility index (Phi) is 14.2. The van der Waals surface area contributed by atoms with Gasteiger partial charge in [0.15, 0.2) is 18.5 Å². The molecule has 3 N–H and O–H groups in total. The van der Waals surface area contributed by atoms with Gasteiger partial charge in [-0.25, -0.2) is 18.4 Å². The number of anilines is 2. The molecule has 52 heavy (non-hydrogen) atoms. The van der Waals surface area contributed by atoms with Gasteiger partial charge < -0.3 is 38.8 Å². The van der Waals surface area contributed by atoms with Crippen LogP contribution in [0.2, 0.25) is 0 Å². The molecule has 3 aromatic rings. The van der Waals surface area contributed by atoms with Crippen molar-refractivity contribution in [1.82, 2.24) is 13.6 Å². The zero-order chi connectivity index (χ0) is 37.9. The number of carbonyl (C=O) groups is 3. The Hall–Kier alpha value is -4.52. The van der Waals surface area contributed by atoms with Gasteiger partial charge in [-0.3, -0.25) is 9.59 Å². The summed E-state index contributed by atoms with van der Waals surface area (Å²) in [5.41, 5.74) is -0.654. The molecule has 1 saturated heterocycles. The average Bonchev–Trinajstić information content (AvgIpc) is 3.57. The highest BCUT2D eigenvalue weighted by Gasteiger charge is 2.34. The van der Waals surface area contributed by atoms with Crippen molar-refractivity contribution in [2.45, 2.75) is 64.0 Å². The predicted octanol–water partition coefficient (Wildman–Crippen LogP) is 3.82. The van der Waals surface area contributed by atoms with E-state index in [1.54, 1.807) is 51.1 Å². The summed E-state index contributed by atoms with van der Waals surface area (Å²) >= 11 is 0.957. The summed E-state index contributed by atoms with van der Waals surface area (Å²) in [4.78, 5) is 41.7. The van der Waals surface area contributed by atoms with E-state index in [0.717, 1.165) is 31.5 Å². The number of hydrogen-bond donors (Lipinski definition) is 2. The fraction of sp³-hybridized carbons (Fsp3) is 0.500. The standard InChI is InChI=1S/C34H46N6O10S2/c1-6-7-13-36-27-18-24(19-28(52(35,44)45)30(27)50-25-11-9-8-10-12-25)33(43)40(34(3,4)5)20-26(49-29(42)22-47-23(2)41)21-48-32-31(37-51-38-32)39-14-16-46-17-15-39/h8-12,18-19,26,36H,6-7,13-17,20-22H2,1-5H3,(H2,35,44,45)/t26-/m0/s1. The summed E-state index contributed by atoms with van der Waals surface area (Å²) < 4.78 is 62.7. The van der Waals surface area contributed by atoms with Crippen LogP contribution in [-0.4, -0.2) is 104 Å². The Labute approximate surface area is 307 Å². The first-order valence-corrected chi connectivity index (χ1v) is 19.1. The third-order valence-corrected chi connectivity index (χ3v) is 9.13. The molecule has 0 spiro atoms. The lowest BCUT2D eigenvalue weighted by Gasteiger charge is -2.38. The Morgan fingerprint density at radius 2 is 1.83 bits per heavy atom. The van der Waals surface area contributed by atoms with E-state index in [0.29, 0.717) is 44.4 Å². The molecule has 18 heteroatoms. The van der Waals surface area contributed by atoms with Crippen molar-refractivity contribution in [1.29, 1.82) is 0 Å². The van der Waals surface area contributed by atoms with Gasteiger partial charge in [0.1, 0.15) is 17.3 Å². The topological polar surface area (TPSA) is 202 Å². The Balaban J connectivity index is 1.70. The van der Waals surface area contributed by atoms with Gasteiger partial charge in [0.25, 0.3) is 11.8 Å². The third-order valence-electron chi connectivity index (χ3n) is 7.71. The molecule has 1 aliphatic heterocycles. The van der Waals surface area contributed by atoms with E-state index in [1.165, 1.54) is 17.0 Å². The van der Waals surface area contributed by atoms with Crippen LogP contribution in [0.4, 0.5) is 11.5 Å². The zero-order valence-electron chi connectivity index (χ0n) is 30.0. The Bertz CT molecular complexity index is 1780. The summed E-state index contributed by atoms with van der Waals surface area (Å²) in [6, 6.07) is 11.3. The number of aromatic nitrogens is 2. The van der Waals surface area contributed by atoms with Crippen molar-refractivity contribution in [2.75, 3.05) is 62.8 Å². The van der Waals surface area contributed by atoms with Crippen molar-refractivity contribution in [3.05, 3.63) is 48.0 Å². The molecule has 0 aliphatic carbocycles. The monoisotopic (exact) mass is 762 g/mol. The van der Waals surface area contributed by atoms with Gasteiger partial charge in [-0.2, -0.15) is 4.37 Å². The molecule has 2 heterocycles. The number of morpholine rings is 1. The number of sulfonamides is 1. The van der Waals surface area contributed by atoms with Gasteiger partial charge in [-0.15, -0.1) is 4.37 Å². The number of nitrogens with one attached hydrogen (secondary N) is 1. The van der Waals surface area contributed by atoms with Gasteiger partial charge in [0.2, 0.25) is 15.8 Å². The summed E-state index contributed by atoms with van der Waals surface area (Å²) in [6.45, 7) is 10.0. The summed E-state index contributed by atoms with van der Waals surface area (Å²) in [5.74, 6) is -1.08. The number of benzene rings is 2. The van der Waals surface area contributed by atoms with Crippen molar-refractivity contribution >= 4 is 51.1 Å². The fourth-order valence-corrected chi connectivity index (χ4v) is 6.33. The van der Waals surface area contributed by atoms with Crippen molar-refractivity contribution in [3.8, 4) is 17.4 Å². The highest BCUT2D eigenvalue weighted by atomic mass is 32.2. The number of hydrogen-bond acceptors (Lipinski definition) is 15. The van der Waals surface area contributed by atoms with Gasteiger partial charge >= 0.3 is 11.9 Å². The number of rotatable bonds is 17. The number of primary sulfonamides is 1. The Morgan fingerprint density at radius 3 is 2.46 bits per heavy atom. The smallest absolute Gasteiger partial charge is 0.344 e. The molecule has 1 fully saturated rings. The molecule has 0 saturated carbocycles. The number of para-hydroxylation sites is 1. The lowest BCUT2D eigenvalue weighted by Crippen LogP contribution is -2.51. The molecule has 1 amide bonds. The zero-order valence-corrected chi connectivity index (χ0v) is 31.6. The van der Waals surface area contributed by atoms with Gasteiger partial charge in [-0.05, 0) is 51.5 Å². The van der Waals surface area contributed by atoms with Crippen molar-refractivity contribution < 1.29 is 46.5 Å². The second kappa shape index (κ2) is 18.3. The van der Waals surface area contributed by atoms with Gasteiger partial charge in [0.05, 0.1) is 37.2 Å². The minimum absolute atomic E-state index is 0.0115. The number of ether oxygens (including phenoxy) is 5. The highest BCUT2D eigenvalue weighted by molar-refractivity contribution is 7.89. The minimum atomic E-state index is -4.41. The Morgan fingerprint density at radius 1 is 1.12 bits per heavy atom. The predicted molar refractivity (Wildman–Crippen MR) is 193 cm³/mol. The number of amides is 1. The summed E-state index contributed by atoms with van der Waals surface area (Å²) in [6.07, 6.45) is 0.514. The molecule has 284 valence electrons. The maximum absolute atomic E-state index is 14.5. The van der Waals surface area contributed by atoms with Crippen LogP contribution in [0, 0.1) is 0 Å². The second-order valence-corrected chi connectivity index (χ2v) is 14.9. The molecule has 1 aromatic heterocycles. The number of nitrogens with zero attached hydrogens (tertiary/aromatic N) is 4. The molecule has 2 aromatic carbocycles. The van der Waals surface area contributed by atoms with Crippen molar-refractivity contribution in [2.24, 2.45) is 5.14 Å². The van der Waals surface area contributed by atoms with E-state index in [1.807, 2.05) is 11.8 Å². The van der Waals surface area contributed by atoms with E-state index in [9.17, 15) is 22.8 Å². The van der Waals surface area contributed by atoms with Crippen LogP contribution in [0.15, 0.2) is 47.4 Å². The summed E-state index contributed by atoms with van der Waals surface area (Å²) in [7, 11) is -4.41. The molecule has 1 atom stereocenters. The lowest BCUT2D eigenvalue weighted by molar-refractivity contribution is -0.163. The maximum atomic E-state index is 14.5. The van der Waals surface area contributed by atoms with E-state index in [2.05, 4.69) is 14.1 Å². The van der Waals surface area contributed by atoms with Gasteiger partial charge in [-0.1, -0.05) is 31.5 Å². The number of carbonyl (C=O) groups excluding carboxylic acids is 3. The van der Waals surface area contributed by atoms with E-state index < -0.39 is 51.0 Å². The number of unbranched alkanes of at least 4 members (excludes halogenated alkanes) is 1. The summed E-state index contributed by atoms with van der Waals surface area (Å²) in [5, 5.41) is 8.92.